The normalized spacial score (nSPS) is 12.7. The fourth-order valence-electron chi connectivity index (χ4n) is 1.56. The summed E-state index contributed by atoms with van der Waals surface area (Å²) < 4.78 is 26.6. The highest BCUT2D eigenvalue weighted by molar-refractivity contribution is 7.07. The second-order valence-corrected chi connectivity index (χ2v) is 4.02. The van der Waals surface area contributed by atoms with Crippen LogP contribution in [0.15, 0.2) is 29.1 Å². The van der Waals surface area contributed by atoms with Crippen LogP contribution in [0.1, 0.15) is 17.3 Å². The summed E-state index contributed by atoms with van der Waals surface area (Å²) >= 11 is 1.42. The summed E-state index contributed by atoms with van der Waals surface area (Å²) in [5.74, 6) is -0.888. The topological polar surface area (TPSA) is 24.9 Å². The highest BCUT2D eigenvalue weighted by atomic mass is 32.1. The van der Waals surface area contributed by atoms with Gasteiger partial charge in [0, 0.05) is 10.9 Å². The van der Waals surface area contributed by atoms with E-state index in [4.69, 9.17) is 0 Å². The van der Waals surface area contributed by atoms with Gasteiger partial charge in [0.15, 0.2) is 0 Å². The molecular formula is C11H10F2N2S. The number of hydrogen-bond acceptors (Lipinski definition) is 3. The van der Waals surface area contributed by atoms with Crippen LogP contribution >= 0.6 is 11.3 Å². The van der Waals surface area contributed by atoms with Gasteiger partial charge in [-0.2, -0.15) is 0 Å². The van der Waals surface area contributed by atoms with Crippen molar-refractivity contribution in [3.05, 3.63) is 52.0 Å². The van der Waals surface area contributed by atoms with Crippen LogP contribution < -0.4 is 5.32 Å². The molecule has 1 aromatic heterocycles. The molecule has 0 amide bonds. The molecule has 0 saturated carbocycles. The molecule has 0 saturated heterocycles. The van der Waals surface area contributed by atoms with Gasteiger partial charge in [-0.25, -0.2) is 13.8 Å². The first-order valence-corrected chi connectivity index (χ1v) is 5.67. The molecule has 1 atom stereocenters. The molecule has 1 N–H and O–H groups in total. The fraction of sp³-hybridized carbons (Fsp3) is 0.182. The Bertz CT molecular complexity index is 471. The quantitative estimate of drug-likeness (QED) is 0.892. The molecule has 84 valence electrons. The van der Waals surface area contributed by atoms with Crippen LogP contribution in [0.5, 0.6) is 0 Å². The van der Waals surface area contributed by atoms with E-state index in [0.717, 1.165) is 12.1 Å². The summed E-state index contributed by atoms with van der Waals surface area (Å²) in [6.45, 7) is 0. The summed E-state index contributed by atoms with van der Waals surface area (Å²) in [4.78, 5) is 4.10. The predicted octanol–water partition coefficient (Wildman–Crippen LogP) is 2.73. The smallest absolute Gasteiger partial charge is 0.128 e. The Morgan fingerprint density at radius 1 is 1.38 bits per heavy atom. The first-order valence-electron chi connectivity index (χ1n) is 4.72. The van der Waals surface area contributed by atoms with Gasteiger partial charge in [-0.05, 0) is 25.2 Å². The van der Waals surface area contributed by atoms with Gasteiger partial charge in [0.1, 0.15) is 11.6 Å². The van der Waals surface area contributed by atoms with Crippen molar-refractivity contribution in [2.75, 3.05) is 7.05 Å². The van der Waals surface area contributed by atoms with Gasteiger partial charge >= 0.3 is 0 Å². The van der Waals surface area contributed by atoms with Gasteiger partial charge in [-0.3, -0.25) is 0 Å². The zero-order valence-electron chi connectivity index (χ0n) is 8.58. The largest absolute Gasteiger partial charge is 0.308 e. The molecule has 0 aliphatic carbocycles. The lowest BCUT2D eigenvalue weighted by molar-refractivity contribution is 0.554. The molecule has 0 spiro atoms. The molecule has 0 aliphatic rings. The summed E-state index contributed by atoms with van der Waals surface area (Å²) in [5.41, 5.74) is 2.63. The molecular weight excluding hydrogens is 230 g/mol. The van der Waals surface area contributed by atoms with Crippen LogP contribution in [0.4, 0.5) is 8.78 Å². The van der Waals surface area contributed by atoms with Crippen LogP contribution in [-0.4, -0.2) is 12.0 Å². The second-order valence-electron chi connectivity index (χ2n) is 3.30. The van der Waals surface area contributed by atoms with Gasteiger partial charge in [0.2, 0.25) is 0 Å². The molecule has 16 heavy (non-hydrogen) atoms. The maximum absolute atomic E-state index is 13.6. The minimum atomic E-state index is -0.452. The van der Waals surface area contributed by atoms with E-state index in [-0.39, 0.29) is 5.56 Å². The first-order chi connectivity index (χ1) is 7.72. The lowest BCUT2D eigenvalue weighted by Gasteiger charge is -2.15. The molecule has 1 heterocycles. The van der Waals surface area contributed by atoms with Crippen molar-refractivity contribution in [1.29, 1.82) is 0 Å². The number of nitrogens with zero attached hydrogens (tertiary/aromatic N) is 1. The predicted molar refractivity (Wildman–Crippen MR) is 59.4 cm³/mol. The average molecular weight is 240 g/mol. The number of thiazole rings is 1. The third-order valence-corrected chi connectivity index (χ3v) is 2.91. The minimum absolute atomic E-state index is 0.272. The van der Waals surface area contributed by atoms with Gasteiger partial charge in [-0.15, -0.1) is 11.3 Å². The molecule has 0 fully saturated rings. The van der Waals surface area contributed by atoms with E-state index in [1.807, 2.05) is 5.38 Å². The lowest BCUT2D eigenvalue weighted by Crippen LogP contribution is -2.19. The van der Waals surface area contributed by atoms with Crippen LogP contribution in [0, 0.1) is 11.6 Å². The van der Waals surface area contributed by atoms with Crippen LogP contribution in [0.25, 0.3) is 0 Å². The molecule has 0 bridgehead atoms. The van der Waals surface area contributed by atoms with Crippen LogP contribution in [0.3, 0.4) is 0 Å². The summed E-state index contributed by atoms with van der Waals surface area (Å²) in [6, 6.07) is 3.01. The molecule has 0 radical (unpaired) electrons. The van der Waals surface area contributed by atoms with Crippen molar-refractivity contribution in [1.82, 2.24) is 10.3 Å². The van der Waals surface area contributed by atoms with E-state index in [2.05, 4.69) is 10.3 Å². The summed E-state index contributed by atoms with van der Waals surface area (Å²) in [7, 11) is 1.69. The maximum atomic E-state index is 13.6. The molecule has 2 rings (SSSR count). The third kappa shape index (κ3) is 2.10. The Morgan fingerprint density at radius 2 is 2.19 bits per heavy atom. The Morgan fingerprint density at radius 3 is 2.81 bits per heavy atom. The van der Waals surface area contributed by atoms with E-state index in [1.165, 1.54) is 17.4 Å². The number of rotatable bonds is 3. The van der Waals surface area contributed by atoms with Crippen LogP contribution in [-0.2, 0) is 0 Å². The van der Waals surface area contributed by atoms with Crippen molar-refractivity contribution >= 4 is 11.3 Å². The molecule has 1 unspecified atom stereocenters. The lowest BCUT2D eigenvalue weighted by atomic mass is 10.0. The van der Waals surface area contributed by atoms with Crippen molar-refractivity contribution in [2.24, 2.45) is 0 Å². The van der Waals surface area contributed by atoms with E-state index in [1.54, 1.807) is 12.6 Å². The maximum Gasteiger partial charge on any atom is 0.128 e. The van der Waals surface area contributed by atoms with Crippen LogP contribution in [0.2, 0.25) is 0 Å². The SMILES string of the molecule is CNC(c1cscn1)c1cc(F)ccc1F. The number of hydrogen-bond donors (Lipinski definition) is 1. The fourth-order valence-corrected chi connectivity index (χ4v) is 2.14. The third-order valence-electron chi connectivity index (χ3n) is 2.30. The van der Waals surface area contributed by atoms with E-state index in [9.17, 15) is 8.78 Å². The highest BCUT2D eigenvalue weighted by Crippen LogP contribution is 2.24. The Labute approximate surface area is 96.0 Å². The number of nitrogens with one attached hydrogen (secondary N) is 1. The Balaban J connectivity index is 2.44. The van der Waals surface area contributed by atoms with Crippen molar-refractivity contribution < 1.29 is 8.78 Å². The molecule has 2 aromatic rings. The van der Waals surface area contributed by atoms with Crippen molar-refractivity contribution in [3.63, 3.8) is 0 Å². The number of halogens is 2. The van der Waals surface area contributed by atoms with Crippen molar-refractivity contribution in [3.8, 4) is 0 Å². The highest BCUT2D eigenvalue weighted by Gasteiger charge is 2.18. The zero-order chi connectivity index (χ0) is 11.5. The zero-order valence-corrected chi connectivity index (χ0v) is 9.39. The summed E-state index contributed by atoms with van der Waals surface area (Å²) in [5, 5.41) is 4.74. The summed E-state index contributed by atoms with van der Waals surface area (Å²) in [6.07, 6.45) is 0. The number of benzene rings is 1. The first kappa shape index (κ1) is 11.2. The van der Waals surface area contributed by atoms with Gasteiger partial charge in [0.05, 0.1) is 17.2 Å². The monoisotopic (exact) mass is 240 g/mol. The van der Waals surface area contributed by atoms with E-state index in [0.29, 0.717) is 5.69 Å². The average Bonchev–Trinajstić information content (AvgIpc) is 2.78. The molecule has 1 aromatic carbocycles. The number of aromatic nitrogens is 1. The minimum Gasteiger partial charge on any atom is -0.308 e. The molecule has 5 heteroatoms. The molecule has 0 aliphatic heterocycles. The van der Waals surface area contributed by atoms with Gasteiger partial charge in [-0.1, -0.05) is 0 Å². The Hall–Kier alpha value is -1.33. The van der Waals surface area contributed by atoms with E-state index < -0.39 is 17.7 Å². The Kier molecular flexibility index (Phi) is 3.26. The standard InChI is InChI=1S/C11H10F2N2S/c1-14-11(10-5-16-6-15-10)8-4-7(12)2-3-9(8)13/h2-6,11,14H,1H3. The van der Waals surface area contributed by atoms with E-state index >= 15 is 0 Å². The van der Waals surface area contributed by atoms with Gasteiger partial charge in [0.25, 0.3) is 0 Å². The van der Waals surface area contributed by atoms with Gasteiger partial charge < -0.3 is 5.32 Å². The molecule has 2 nitrogen and oxygen atoms in total. The van der Waals surface area contributed by atoms with Crippen molar-refractivity contribution in [2.45, 2.75) is 6.04 Å². The second kappa shape index (κ2) is 4.67.